The maximum atomic E-state index is 12.0. The van der Waals surface area contributed by atoms with E-state index in [1.807, 2.05) is 0 Å². The molecule has 110 valence electrons. The van der Waals surface area contributed by atoms with E-state index in [0.29, 0.717) is 5.76 Å². The van der Waals surface area contributed by atoms with Gasteiger partial charge in [-0.3, -0.25) is 0 Å². The number of benzene rings is 1. The third-order valence-electron chi connectivity index (χ3n) is 2.77. The molecule has 0 bridgehead atoms. The number of halogens is 1. The van der Waals surface area contributed by atoms with Crippen LogP contribution in [-0.4, -0.2) is 29.1 Å². The molecule has 0 radical (unpaired) electrons. The van der Waals surface area contributed by atoms with Crippen LogP contribution >= 0.6 is 11.6 Å². The average Bonchev–Trinajstić information content (AvgIpc) is 2.93. The maximum absolute atomic E-state index is 12.0. The Hall–Kier alpha value is -2.47. The largest absolute Gasteiger partial charge is 0.478 e. The number of carboxylic acid groups (broad SMARTS) is 1. The second-order valence-corrected chi connectivity index (χ2v) is 4.77. The van der Waals surface area contributed by atoms with E-state index in [9.17, 15) is 9.59 Å². The first-order valence-corrected chi connectivity index (χ1v) is 6.42. The van der Waals surface area contributed by atoms with Gasteiger partial charge in [-0.2, -0.15) is 0 Å². The van der Waals surface area contributed by atoms with E-state index < -0.39 is 12.0 Å². The molecule has 0 saturated carbocycles. The molecular formula is C14H13ClN2O4. The lowest BCUT2D eigenvalue weighted by Gasteiger charge is -2.17. The van der Waals surface area contributed by atoms with Crippen molar-refractivity contribution in [2.45, 2.75) is 6.54 Å². The summed E-state index contributed by atoms with van der Waals surface area (Å²) in [5.74, 6) is -0.455. The molecule has 7 heteroatoms. The van der Waals surface area contributed by atoms with Crippen molar-refractivity contribution in [3.63, 3.8) is 0 Å². The summed E-state index contributed by atoms with van der Waals surface area (Å²) in [5.41, 5.74) is 0.288. The first-order valence-electron chi connectivity index (χ1n) is 6.04. The molecule has 21 heavy (non-hydrogen) atoms. The molecule has 1 aromatic heterocycles. The van der Waals surface area contributed by atoms with Gasteiger partial charge in [-0.15, -0.1) is 0 Å². The van der Waals surface area contributed by atoms with Gasteiger partial charge >= 0.3 is 12.0 Å². The lowest BCUT2D eigenvalue weighted by Crippen LogP contribution is -2.30. The zero-order chi connectivity index (χ0) is 15.4. The summed E-state index contributed by atoms with van der Waals surface area (Å²) in [6, 6.07) is 7.16. The van der Waals surface area contributed by atoms with E-state index in [1.54, 1.807) is 19.2 Å². The molecule has 2 aromatic rings. The van der Waals surface area contributed by atoms with Crippen LogP contribution in [0.3, 0.4) is 0 Å². The first kappa shape index (κ1) is 14.9. The Morgan fingerprint density at radius 1 is 1.38 bits per heavy atom. The quantitative estimate of drug-likeness (QED) is 0.908. The van der Waals surface area contributed by atoms with Crippen molar-refractivity contribution in [1.82, 2.24) is 4.90 Å². The Kier molecular flexibility index (Phi) is 4.49. The minimum absolute atomic E-state index is 0.0448. The third-order valence-corrected chi connectivity index (χ3v) is 3.10. The number of carbonyl (C=O) groups is 2. The van der Waals surface area contributed by atoms with E-state index >= 15 is 0 Å². The number of carbonyl (C=O) groups excluding carboxylic acids is 1. The van der Waals surface area contributed by atoms with Crippen molar-refractivity contribution in [3.8, 4) is 0 Å². The molecular weight excluding hydrogens is 296 g/mol. The molecule has 0 fully saturated rings. The van der Waals surface area contributed by atoms with Gasteiger partial charge in [-0.1, -0.05) is 11.6 Å². The van der Waals surface area contributed by atoms with Gasteiger partial charge in [0.2, 0.25) is 0 Å². The van der Waals surface area contributed by atoms with Crippen LogP contribution in [0.2, 0.25) is 5.02 Å². The van der Waals surface area contributed by atoms with Crippen molar-refractivity contribution in [2.24, 2.45) is 0 Å². The van der Waals surface area contributed by atoms with Crippen LogP contribution in [-0.2, 0) is 6.54 Å². The number of rotatable bonds is 4. The van der Waals surface area contributed by atoms with E-state index in [4.69, 9.17) is 21.1 Å². The fraction of sp³-hybridized carbons (Fsp3) is 0.143. The van der Waals surface area contributed by atoms with E-state index in [-0.39, 0.29) is 22.8 Å². The Bertz CT molecular complexity index is 655. The lowest BCUT2D eigenvalue weighted by atomic mass is 10.2. The number of carboxylic acids is 1. The highest BCUT2D eigenvalue weighted by molar-refractivity contribution is 6.33. The Labute approximate surface area is 125 Å². The van der Waals surface area contributed by atoms with Gasteiger partial charge in [-0.05, 0) is 30.3 Å². The monoisotopic (exact) mass is 308 g/mol. The number of nitrogens with zero attached hydrogens (tertiary/aromatic N) is 1. The molecule has 0 aliphatic carbocycles. The van der Waals surface area contributed by atoms with Crippen LogP contribution in [0.25, 0.3) is 0 Å². The van der Waals surface area contributed by atoms with Gasteiger partial charge in [0.25, 0.3) is 0 Å². The molecule has 0 unspecified atom stereocenters. The Balaban J connectivity index is 2.08. The number of aromatic carboxylic acids is 1. The molecule has 2 amide bonds. The number of amides is 2. The third kappa shape index (κ3) is 3.76. The lowest BCUT2D eigenvalue weighted by molar-refractivity contribution is 0.0697. The number of hydrogen-bond donors (Lipinski definition) is 2. The number of anilines is 1. The average molecular weight is 309 g/mol. The highest BCUT2D eigenvalue weighted by Crippen LogP contribution is 2.23. The van der Waals surface area contributed by atoms with Crippen molar-refractivity contribution in [3.05, 3.63) is 52.9 Å². The Morgan fingerprint density at radius 3 is 2.76 bits per heavy atom. The number of urea groups is 1. The number of furan rings is 1. The molecule has 0 aliphatic rings. The topological polar surface area (TPSA) is 82.8 Å². The zero-order valence-corrected chi connectivity index (χ0v) is 11.9. The van der Waals surface area contributed by atoms with Crippen molar-refractivity contribution in [2.75, 3.05) is 12.4 Å². The van der Waals surface area contributed by atoms with Crippen molar-refractivity contribution < 1.29 is 19.1 Å². The standard InChI is InChI=1S/C14H13ClN2O4/c1-17(8-10-3-2-6-21-10)14(20)16-12-7-9(13(18)19)4-5-11(12)15/h2-7H,8H2,1H3,(H,16,20)(H,18,19). The molecule has 0 saturated heterocycles. The van der Waals surface area contributed by atoms with Gasteiger partial charge in [0.1, 0.15) is 5.76 Å². The SMILES string of the molecule is CN(Cc1ccco1)C(=O)Nc1cc(C(=O)O)ccc1Cl. The summed E-state index contributed by atoms with van der Waals surface area (Å²) < 4.78 is 5.15. The summed E-state index contributed by atoms with van der Waals surface area (Å²) in [6.45, 7) is 0.287. The summed E-state index contributed by atoms with van der Waals surface area (Å²) in [4.78, 5) is 24.3. The zero-order valence-electron chi connectivity index (χ0n) is 11.2. The van der Waals surface area contributed by atoms with Crippen molar-refractivity contribution in [1.29, 1.82) is 0 Å². The minimum Gasteiger partial charge on any atom is -0.478 e. The summed E-state index contributed by atoms with van der Waals surface area (Å²) in [7, 11) is 1.59. The highest BCUT2D eigenvalue weighted by atomic mass is 35.5. The number of nitrogens with one attached hydrogen (secondary N) is 1. The van der Waals surface area contributed by atoms with E-state index in [1.165, 1.54) is 29.4 Å². The van der Waals surface area contributed by atoms with Gasteiger partial charge in [0, 0.05) is 7.05 Å². The van der Waals surface area contributed by atoms with Gasteiger partial charge in [0.05, 0.1) is 29.1 Å². The van der Waals surface area contributed by atoms with Crippen LogP contribution in [0, 0.1) is 0 Å². The molecule has 6 nitrogen and oxygen atoms in total. The van der Waals surface area contributed by atoms with Crippen LogP contribution in [0.15, 0.2) is 41.0 Å². The second kappa shape index (κ2) is 6.32. The van der Waals surface area contributed by atoms with Crippen LogP contribution in [0.1, 0.15) is 16.1 Å². The van der Waals surface area contributed by atoms with E-state index in [2.05, 4.69) is 5.32 Å². The molecule has 1 aromatic carbocycles. The molecule has 0 atom stereocenters. The Morgan fingerprint density at radius 2 is 2.14 bits per heavy atom. The maximum Gasteiger partial charge on any atom is 0.335 e. The normalized spacial score (nSPS) is 10.2. The minimum atomic E-state index is -1.09. The molecule has 2 N–H and O–H groups in total. The van der Waals surface area contributed by atoms with E-state index in [0.717, 1.165) is 0 Å². The highest BCUT2D eigenvalue weighted by Gasteiger charge is 2.14. The van der Waals surface area contributed by atoms with Crippen LogP contribution < -0.4 is 5.32 Å². The van der Waals surface area contributed by atoms with Gasteiger partial charge in [0.15, 0.2) is 0 Å². The van der Waals surface area contributed by atoms with Gasteiger partial charge < -0.3 is 19.7 Å². The predicted octanol–water partition coefficient (Wildman–Crippen LogP) is 3.30. The van der Waals surface area contributed by atoms with Crippen molar-refractivity contribution >= 4 is 29.3 Å². The fourth-order valence-electron chi connectivity index (χ4n) is 1.67. The van der Waals surface area contributed by atoms with Crippen LogP contribution in [0.5, 0.6) is 0 Å². The summed E-state index contributed by atoms with van der Waals surface area (Å²) in [5, 5.41) is 11.8. The second-order valence-electron chi connectivity index (χ2n) is 4.37. The molecule has 0 spiro atoms. The summed E-state index contributed by atoms with van der Waals surface area (Å²) in [6.07, 6.45) is 1.52. The van der Waals surface area contributed by atoms with Gasteiger partial charge in [-0.25, -0.2) is 9.59 Å². The molecule has 0 aliphatic heterocycles. The predicted molar refractivity (Wildman–Crippen MR) is 77.6 cm³/mol. The van der Waals surface area contributed by atoms with Crippen LogP contribution in [0.4, 0.5) is 10.5 Å². The number of hydrogen-bond acceptors (Lipinski definition) is 3. The summed E-state index contributed by atoms with van der Waals surface area (Å²) >= 11 is 5.95. The fourth-order valence-corrected chi connectivity index (χ4v) is 1.84. The smallest absolute Gasteiger partial charge is 0.335 e. The first-order chi connectivity index (χ1) is 9.97. The molecule has 2 rings (SSSR count). The molecule has 1 heterocycles.